The fraction of sp³-hybridized carbons (Fsp3) is 0.105. The Morgan fingerprint density at radius 1 is 1.00 bits per heavy atom. The predicted molar refractivity (Wildman–Crippen MR) is 102 cm³/mol. The molecule has 5 heteroatoms. The highest BCUT2D eigenvalue weighted by Gasteiger charge is 2.12. The first-order chi connectivity index (χ1) is 11.6. The third-order valence-corrected chi connectivity index (χ3v) is 4.58. The number of halogens is 2. The van der Waals surface area contributed by atoms with Gasteiger partial charge >= 0.3 is 0 Å². The number of nitrogens with one attached hydrogen (secondary N) is 2. The van der Waals surface area contributed by atoms with Crippen LogP contribution < -0.4 is 10.6 Å². The van der Waals surface area contributed by atoms with E-state index in [9.17, 15) is 4.79 Å². The summed E-state index contributed by atoms with van der Waals surface area (Å²) in [6, 6.07) is 17.5. The molecule has 0 aromatic heterocycles. The maximum atomic E-state index is 12.2. The molecule has 0 atom stereocenters. The summed E-state index contributed by atoms with van der Waals surface area (Å²) in [4.78, 5) is 12.2. The van der Waals surface area contributed by atoms with Crippen LogP contribution in [0.5, 0.6) is 0 Å². The van der Waals surface area contributed by atoms with E-state index in [-0.39, 0.29) is 12.5 Å². The number of anilines is 2. The number of hydrogen-bond acceptors (Lipinski definition) is 2. The van der Waals surface area contributed by atoms with Crippen LogP contribution in [0.2, 0.25) is 10.0 Å². The summed E-state index contributed by atoms with van der Waals surface area (Å²) in [5, 5.41) is 9.00. The molecule has 3 rings (SSSR count). The highest BCUT2D eigenvalue weighted by atomic mass is 35.5. The molecule has 3 aromatic carbocycles. The van der Waals surface area contributed by atoms with Gasteiger partial charge in [-0.3, -0.25) is 4.79 Å². The molecule has 0 unspecified atom stereocenters. The number of rotatable bonds is 4. The smallest absolute Gasteiger partial charge is 0.243 e. The number of aryl methyl sites for hydroxylation is 1. The molecule has 0 saturated carbocycles. The quantitative estimate of drug-likeness (QED) is 0.645. The van der Waals surface area contributed by atoms with Gasteiger partial charge in [-0.25, -0.2) is 0 Å². The monoisotopic (exact) mass is 358 g/mol. The Hall–Kier alpha value is -2.23. The molecule has 3 nitrogen and oxygen atoms in total. The van der Waals surface area contributed by atoms with Crippen molar-refractivity contribution in [2.75, 3.05) is 17.2 Å². The average molecular weight is 359 g/mol. The van der Waals surface area contributed by atoms with Crippen molar-refractivity contribution in [3.8, 4) is 0 Å². The van der Waals surface area contributed by atoms with Crippen LogP contribution in [-0.4, -0.2) is 12.5 Å². The molecule has 0 aliphatic carbocycles. The minimum atomic E-state index is -0.211. The molecule has 0 spiro atoms. The number of carbonyl (C=O) groups excluding carboxylic acids is 1. The zero-order chi connectivity index (χ0) is 17.1. The van der Waals surface area contributed by atoms with Crippen molar-refractivity contribution in [1.29, 1.82) is 0 Å². The number of amides is 1. The van der Waals surface area contributed by atoms with E-state index in [1.165, 1.54) is 0 Å². The minimum Gasteiger partial charge on any atom is -0.376 e. The molecule has 0 aliphatic rings. The minimum absolute atomic E-state index is 0.120. The SMILES string of the molecule is Cc1ccc(Cl)c(NC(=O)CNc2cccc3ccccc23)c1Cl. The fourth-order valence-electron chi connectivity index (χ4n) is 2.51. The lowest BCUT2D eigenvalue weighted by Gasteiger charge is -2.13. The van der Waals surface area contributed by atoms with E-state index in [1.54, 1.807) is 6.07 Å². The van der Waals surface area contributed by atoms with Gasteiger partial charge in [-0.15, -0.1) is 0 Å². The maximum absolute atomic E-state index is 12.2. The maximum Gasteiger partial charge on any atom is 0.243 e. The van der Waals surface area contributed by atoms with E-state index in [1.807, 2.05) is 55.5 Å². The van der Waals surface area contributed by atoms with E-state index in [4.69, 9.17) is 23.2 Å². The van der Waals surface area contributed by atoms with Crippen molar-refractivity contribution in [1.82, 2.24) is 0 Å². The Morgan fingerprint density at radius 3 is 2.58 bits per heavy atom. The summed E-state index contributed by atoms with van der Waals surface area (Å²) in [5.74, 6) is -0.211. The van der Waals surface area contributed by atoms with Crippen LogP contribution in [-0.2, 0) is 4.79 Å². The van der Waals surface area contributed by atoms with Crippen LogP contribution in [0.25, 0.3) is 10.8 Å². The highest BCUT2D eigenvalue weighted by Crippen LogP contribution is 2.32. The van der Waals surface area contributed by atoms with Crippen LogP contribution in [0.15, 0.2) is 54.6 Å². The molecule has 0 saturated heterocycles. The van der Waals surface area contributed by atoms with Crippen molar-refractivity contribution < 1.29 is 4.79 Å². The highest BCUT2D eigenvalue weighted by molar-refractivity contribution is 6.40. The van der Waals surface area contributed by atoms with Crippen molar-refractivity contribution in [2.24, 2.45) is 0 Å². The van der Waals surface area contributed by atoms with Gasteiger partial charge in [0.15, 0.2) is 0 Å². The molecule has 122 valence electrons. The first-order valence-corrected chi connectivity index (χ1v) is 8.28. The summed E-state index contributed by atoms with van der Waals surface area (Å²) in [5.41, 5.74) is 2.21. The standard InChI is InChI=1S/C19H16Cl2N2O/c1-12-9-10-15(20)19(18(12)21)23-17(24)11-22-16-8-4-6-13-5-2-3-7-14(13)16/h2-10,22H,11H2,1H3,(H,23,24). The summed E-state index contributed by atoms with van der Waals surface area (Å²) in [6.45, 7) is 1.98. The topological polar surface area (TPSA) is 41.1 Å². The lowest BCUT2D eigenvalue weighted by Crippen LogP contribution is -2.22. The van der Waals surface area contributed by atoms with E-state index >= 15 is 0 Å². The second kappa shape index (κ2) is 7.12. The third kappa shape index (κ3) is 3.48. The van der Waals surface area contributed by atoms with Crippen molar-refractivity contribution in [3.63, 3.8) is 0 Å². The zero-order valence-electron chi connectivity index (χ0n) is 13.1. The van der Waals surface area contributed by atoms with Crippen LogP contribution in [0.3, 0.4) is 0 Å². The molecule has 24 heavy (non-hydrogen) atoms. The fourth-order valence-corrected chi connectivity index (χ4v) is 2.98. The Kier molecular flexibility index (Phi) is 4.93. The number of fused-ring (bicyclic) bond motifs is 1. The van der Waals surface area contributed by atoms with E-state index in [0.29, 0.717) is 15.7 Å². The van der Waals surface area contributed by atoms with Gasteiger partial charge in [0.05, 0.1) is 22.3 Å². The van der Waals surface area contributed by atoms with Gasteiger partial charge in [0.2, 0.25) is 5.91 Å². The molecular weight excluding hydrogens is 343 g/mol. The first-order valence-electron chi connectivity index (χ1n) is 7.52. The second-order valence-electron chi connectivity index (χ2n) is 5.48. The van der Waals surface area contributed by atoms with Gasteiger partial charge in [0.25, 0.3) is 0 Å². The Labute approximate surface area is 150 Å². The van der Waals surface area contributed by atoms with Gasteiger partial charge in [-0.2, -0.15) is 0 Å². The molecule has 0 aliphatic heterocycles. The van der Waals surface area contributed by atoms with E-state index in [2.05, 4.69) is 10.6 Å². The molecule has 0 heterocycles. The largest absolute Gasteiger partial charge is 0.376 e. The number of benzene rings is 3. The summed E-state index contributed by atoms with van der Waals surface area (Å²) in [6.07, 6.45) is 0. The van der Waals surface area contributed by atoms with Crippen molar-refractivity contribution >= 4 is 51.3 Å². The van der Waals surface area contributed by atoms with Crippen LogP contribution in [0, 0.1) is 6.92 Å². The Balaban J connectivity index is 1.73. The molecule has 0 fully saturated rings. The Morgan fingerprint density at radius 2 is 1.75 bits per heavy atom. The molecule has 1 amide bonds. The molecular formula is C19H16Cl2N2O. The summed E-state index contributed by atoms with van der Waals surface area (Å²) < 4.78 is 0. The van der Waals surface area contributed by atoms with Gasteiger partial charge in [-0.1, -0.05) is 65.7 Å². The van der Waals surface area contributed by atoms with Crippen LogP contribution in [0.1, 0.15) is 5.56 Å². The van der Waals surface area contributed by atoms with Crippen LogP contribution in [0.4, 0.5) is 11.4 Å². The average Bonchev–Trinajstić information content (AvgIpc) is 2.60. The zero-order valence-corrected chi connectivity index (χ0v) is 14.6. The van der Waals surface area contributed by atoms with E-state index < -0.39 is 0 Å². The molecule has 0 bridgehead atoms. The molecule has 2 N–H and O–H groups in total. The van der Waals surface area contributed by atoms with Gasteiger partial charge < -0.3 is 10.6 Å². The van der Waals surface area contributed by atoms with Gasteiger partial charge in [0, 0.05) is 11.1 Å². The Bertz CT molecular complexity index is 904. The third-order valence-electron chi connectivity index (χ3n) is 3.78. The number of carbonyl (C=O) groups is 1. The molecule has 3 aromatic rings. The lowest BCUT2D eigenvalue weighted by atomic mass is 10.1. The van der Waals surface area contributed by atoms with Crippen LogP contribution >= 0.6 is 23.2 Å². The normalized spacial score (nSPS) is 10.6. The molecule has 0 radical (unpaired) electrons. The summed E-state index contributed by atoms with van der Waals surface area (Å²) >= 11 is 12.3. The number of hydrogen-bond donors (Lipinski definition) is 2. The van der Waals surface area contributed by atoms with Crippen molar-refractivity contribution in [2.45, 2.75) is 6.92 Å². The summed E-state index contributed by atoms with van der Waals surface area (Å²) in [7, 11) is 0. The van der Waals surface area contributed by atoms with Gasteiger partial charge in [-0.05, 0) is 30.0 Å². The lowest BCUT2D eigenvalue weighted by molar-refractivity contribution is -0.114. The van der Waals surface area contributed by atoms with Gasteiger partial charge in [0.1, 0.15) is 0 Å². The first kappa shape index (κ1) is 16.6. The second-order valence-corrected chi connectivity index (χ2v) is 6.27. The predicted octanol–water partition coefficient (Wildman–Crippen LogP) is 5.51. The van der Waals surface area contributed by atoms with E-state index in [0.717, 1.165) is 22.0 Å². The van der Waals surface area contributed by atoms with Crippen molar-refractivity contribution in [3.05, 3.63) is 70.2 Å².